The Balaban J connectivity index is 2.28. The van der Waals surface area contributed by atoms with Crippen molar-refractivity contribution in [1.82, 2.24) is 0 Å². The van der Waals surface area contributed by atoms with Crippen LogP contribution in [0.4, 0.5) is 0 Å². The first-order chi connectivity index (χ1) is 7.89. The van der Waals surface area contributed by atoms with Crippen LogP contribution in [0.2, 0.25) is 0 Å². The van der Waals surface area contributed by atoms with Gasteiger partial charge in [0.25, 0.3) is 0 Å². The standard InChI is InChI=1S/C15H24O/c16-15-13-11-9-7-5-3-1-2-4-6-8-10-12-14-15/h3,5,11,13H,1-2,4,6-10,12,14H2/b5-3-,13-11+. The minimum absolute atomic E-state index is 0.304. The maximum atomic E-state index is 11.4. The second kappa shape index (κ2) is 9.38. The van der Waals surface area contributed by atoms with E-state index in [-0.39, 0.29) is 0 Å². The first kappa shape index (κ1) is 13.2. The highest BCUT2D eigenvalue weighted by Crippen LogP contribution is 2.10. The predicted molar refractivity (Wildman–Crippen MR) is 69.5 cm³/mol. The van der Waals surface area contributed by atoms with Crippen molar-refractivity contribution < 1.29 is 4.79 Å². The van der Waals surface area contributed by atoms with Gasteiger partial charge in [0.05, 0.1) is 0 Å². The molecule has 90 valence electrons. The summed E-state index contributed by atoms with van der Waals surface area (Å²) in [6, 6.07) is 0. The fourth-order valence-corrected chi connectivity index (χ4v) is 1.99. The summed E-state index contributed by atoms with van der Waals surface area (Å²) in [4.78, 5) is 11.4. The van der Waals surface area contributed by atoms with Gasteiger partial charge in [-0.2, -0.15) is 0 Å². The van der Waals surface area contributed by atoms with E-state index < -0.39 is 0 Å². The third-order valence-electron chi connectivity index (χ3n) is 3.01. The summed E-state index contributed by atoms with van der Waals surface area (Å²) in [6.45, 7) is 0. The lowest BCUT2D eigenvalue weighted by Gasteiger charge is -1.99. The molecule has 0 amide bonds. The fraction of sp³-hybridized carbons (Fsp3) is 0.667. The highest BCUT2D eigenvalue weighted by Gasteiger charge is 1.97. The summed E-state index contributed by atoms with van der Waals surface area (Å²) < 4.78 is 0. The summed E-state index contributed by atoms with van der Waals surface area (Å²) in [7, 11) is 0. The summed E-state index contributed by atoms with van der Waals surface area (Å²) in [6.07, 6.45) is 19.9. The summed E-state index contributed by atoms with van der Waals surface area (Å²) in [5.74, 6) is 0.304. The molecule has 1 nitrogen and oxygen atoms in total. The molecular formula is C15H24O. The Hall–Kier alpha value is -0.850. The van der Waals surface area contributed by atoms with Crippen molar-refractivity contribution in [1.29, 1.82) is 0 Å². The van der Waals surface area contributed by atoms with Crippen LogP contribution in [0, 0.1) is 0 Å². The van der Waals surface area contributed by atoms with Crippen LogP contribution >= 0.6 is 0 Å². The van der Waals surface area contributed by atoms with Crippen molar-refractivity contribution in [3.8, 4) is 0 Å². The van der Waals surface area contributed by atoms with E-state index in [1.165, 1.54) is 38.5 Å². The van der Waals surface area contributed by atoms with Gasteiger partial charge in [-0.05, 0) is 38.2 Å². The van der Waals surface area contributed by atoms with E-state index in [4.69, 9.17) is 0 Å². The van der Waals surface area contributed by atoms with Gasteiger partial charge in [0.15, 0.2) is 5.78 Å². The maximum Gasteiger partial charge on any atom is 0.155 e. The smallest absolute Gasteiger partial charge is 0.155 e. The second-order valence-electron chi connectivity index (χ2n) is 4.58. The van der Waals surface area contributed by atoms with Gasteiger partial charge in [0.1, 0.15) is 0 Å². The van der Waals surface area contributed by atoms with Gasteiger partial charge < -0.3 is 0 Å². The van der Waals surface area contributed by atoms with Gasteiger partial charge in [-0.25, -0.2) is 0 Å². The molecule has 0 aromatic heterocycles. The number of ketones is 1. The molecule has 0 unspecified atom stereocenters. The zero-order valence-electron chi connectivity index (χ0n) is 10.3. The van der Waals surface area contributed by atoms with Crippen LogP contribution in [0.15, 0.2) is 24.3 Å². The minimum atomic E-state index is 0.304. The molecule has 1 rings (SSSR count). The number of rotatable bonds is 0. The zero-order valence-corrected chi connectivity index (χ0v) is 10.3. The average molecular weight is 220 g/mol. The van der Waals surface area contributed by atoms with Crippen LogP contribution in [0.25, 0.3) is 0 Å². The van der Waals surface area contributed by atoms with Crippen LogP contribution < -0.4 is 0 Å². The molecule has 1 aliphatic carbocycles. The fourth-order valence-electron chi connectivity index (χ4n) is 1.99. The van der Waals surface area contributed by atoms with Crippen molar-refractivity contribution in [2.45, 2.75) is 64.2 Å². The largest absolute Gasteiger partial charge is 0.295 e. The molecule has 0 N–H and O–H groups in total. The summed E-state index contributed by atoms with van der Waals surface area (Å²) in [5.41, 5.74) is 0. The van der Waals surface area contributed by atoms with Crippen LogP contribution in [0.5, 0.6) is 0 Å². The average Bonchev–Trinajstić information content (AvgIpc) is 2.29. The lowest BCUT2D eigenvalue weighted by molar-refractivity contribution is -0.114. The summed E-state index contributed by atoms with van der Waals surface area (Å²) in [5, 5.41) is 0. The lowest BCUT2D eigenvalue weighted by Crippen LogP contribution is -1.92. The molecule has 0 radical (unpaired) electrons. The zero-order chi connectivity index (χ0) is 11.5. The highest BCUT2D eigenvalue weighted by molar-refractivity contribution is 5.89. The number of hydrogen-bond donors (Lipinski definition) is 0. The van der Waals surface area contributed by atoms with Gasteiger partial charge in [0, 0.05) is 6.42 Å². The first-order valence-electron chi connectivity index (χ1n) is 6.74. The molecule has 0 aromatic rings. The lowest BCUT2D eigenvalue weighted by atomic mass is 10.1. The van der Waals surface area contributed by atoms with Gasteiger partial charge in [-0.15, -0.1) is 0 Å². The number of allylic oxidation sites excluding steroid dienone is 4. The Kier molecular flexibility index (Phi) is 7.75. The SMILES string of the molecule is O=C1/C=C/CC/C=C\CCCCCCCC1. The van der Waals surface area contributed by atoms with Gasteiger partial charge >= 0.3 is 0 Å². The van der Waals surface area contributed by atoms with E-state index in [1.807, 2.05) is 6.08 Å². The second-order valence-corrected chi connectivity index (χ2v) is 4.58. The van der Waals surface area contributed by atoms with Crippen LogP contribution in [-0.4, -0.2) is 5.78 Å². The molecule has 0 aliphatic heterocycles. The summed E-state index contributed by atoms with van der Waals surface area (Å²) >= 11 is 0. The van der Waals surface area contributed by atoms with E-state index in [2.05, 4.69) is 12.2 Å². The van der Waals surface area contributed by atoms with E-state index in [0.717, 1.165) is 25.7 Å². The molecule has 0 spiro atoms. The Morgan fingerprint density at radius 3 is 2.19 bits per heavy atom. The minimum Gasteiger partial charge on any atom is -0.295 e. The monoisotopic (exact) mass is 220 g/mol. The third-order valence-corrected chi connectivity index (χ3v) is 3.01. The number of hydrogen-bond acceptors (Lipinski definition) is 1. The van der Waals surface area contributed by atoms with Gasteiger partial charge in [-0.3, -0.25) is 4.79 Å². The Labute approximate surface area is 99.6 Å². The number of carbonyl (C=O) groups excluding carboxylic acids is 1. The van der Waals surface area contributed by atoms with Crippen molar-refractivity contribution >= 4 is 5.78 Å². The molecule has 0 bridgehead atoms. The highest BCUT2D eigenvalue weighted by atomic mass is 16.1. The quantitative estimate of drug-likeness (QED) is 0.546. The number of carbonyl (C=O) groups is 1. The Morgan fingerprint density at radius 1 is 0.688 bits per heavy atom. The van der Waals surface area contributed by atoms with E-state index in [1.54, 1.807) is 6.08 Å². The molecule has 0 saturated heterocycles. The topological polar surface area (TPSA) is 17.1 Å². The van der Waals surface area contributed by atoms with E-state index >= 15 is 0 Å². The van der Waals surface area contributed by atoms with Crippen molar-refractivity contribution in [3.05, 3.63) is 24.3 Å². The van der Waals surface area contributed by atoms with Crippen molar-refractivity contribution in [3.63, 3.8) is 0 Å². The van der Waals surface area contributed by atoms with E-state index in [9.17, 15) is 4.79 Å². The molecule has 0 heterocycles. The van der Waals surface area contributed by atoms with Crippen LogP contribution in [0.3, 0.4) is 0 Å². The molecule has 0 saturated carbocycles. The van der Waals surface area contributed by atoms with Crippen molar-refractivity contribution in [2.75, 3.05) is 0 Å². The van der Waals surface area contributed by atoms with Gasteiger partial charge in [0.2, 0.25) is 0 Å². The van der Waals surface area contributed by atoms with Crippen LogP contribution in [0.1, 0.15) is 64.2 Å². The molecule has 1 aliphatic rings. The first-order valence-corrected chi connectivity index (χ1v) is 6.74. The molecule has 16 heavy (non-hydrogen) atoms. The Morgan fingerprint density at radius 2 is 1.31 bits per heavy atom. The normalized spacial score (nSPS) is 25.4. The molecule has 1 heteroatoms. The molecule has 0 fully saturated rings. The molecule has 0 aromatic carbocycles. The predicted octanol–water partition coefficient (Wildman–Crippen LogP) is 4.58. The molecular weight excluding hydrogens is 196 g/mol. The van der Waals surface area contributed by atoms with E-state index in [0.29, 0.717) is 5.78 Å². The van der Waals surface area contributed by atoms with Crippen molar-refractivity contribution in [2.24, 2.45) is 0 Å². The Bertz CT molecular complexity index is 238. The van der Waals surface area contributed by atoms with Gasteiger partial charge in [-0.1, -0.05) is 43.9 Å². The van der Waals surface area contributed by atoms with Crippen LogP contribution in [-0.2, 0) is 4.79 Å². The third kappa shape index (κ3) is 7.44. The maximum absolute atomic E-state index is 11.4. The molecule has 0 atom stereocenters.